The van der Waals surface area contributed by atoms with Gasteiger partial charge in [0.15, 0.2) is 0 Å². The fourth-order valence-corrected chi connectivity index (χ4v) is 2.13. The van der Waals surface area contributed by atoms with Crippen LogP contribution in [0.25, 0.3) is 0 Å². The van der Waals surface area contributed by atoms with Crippen molar-refractivity contribution >= 4 is 0 Å². The van der Waals surface area contributed by atoms with Crippen LogP contribution in [0.1, 0.15) is 29.7 Å². The minimum Gasteiger partial charge on any atom is -0.383 e. The molecule has 0 aliphatic rings. The van der Waals surface area contributed by atoms with Crippen molar-refractivity contribution in [1.29, 1.82) is 0 Å². The summed E-state index contributed by atoms with van der Waals surface area (Å²) < 4.78 is 5.12. The Morgan fingerprint density at radius 2 is 2.06 bits per heavy atom. The van der Waals surface area contributed by atoms with Crippen LogP contribution in [0.2, 0.25) is 0 Å². The molecule has 0 amide bonds. The monoisotopic (exact) mass is 250 g/mol. The van der Waals surface area contributed by atoms with Gasteiger partial charge in [0.1, 0.15) is 0 Å². The lowest BCUT2D eigenvalue weighted by Crippen LogP contribution is -2.34. The highest BCUT2D eigenvalue weighted by atomic mass is 16.5. The molecular weight excluding hydrogens is 224 g/mol. The molecule has 1 aromatic rings. The van der Waals surface area contributed by atoms with Gasteiger partial charge in [0.05, 0.1) is 6.61 Å². The number of likely N-dealkylation sites (N-methyl/N-ethyl adjacent to an activating group) is 1. The molecule has 1 aromatic carbocycles. The quantitative estimate of drug-likeness (QED) is 0.807. The van der Waals surface area contributed by atoms with Gasteiger partial charge in [0.25, 0.3) is 0 Å². The van der Waals surface area contributed by atoms with E-state index in [1.54, 1.807) is 7.11 Å². The summed E-state index contributed by atoms with van der Waals surface area (Å²) in [5.41, 5.74) is 10.1. The van der Waals surface area contributed by atoms with Gasteiger partial charge in [-0.1, -0.05) is 30.7 Å². The number of methoxy groups -OCH3 is 1. The van der Waals surface area contributed by atoms with E-state index in [9.17, 15) is 0 Å². The van der Waals surface area contributed by atoms with E-state index in [2.05, 4.69) is 43.9 Å². The van der Waals surface area contributed by atoms with Gasteiger partial charge >= 0.3 is 0 Å². The zero-order valence-corrected chi connectivity index (χ0v) is 12.1. The van der Waals surface area contributed by atoms with Crippen LogP contribution in [0.15, 0.2) is 18.2 Å². The molecule has 102 valence electrons. The molecule has 0 aliphatic carbocycles. The summed E-state index contributed by atoms with van der Waals surface area (Å²) in [6.45, 7) is 9.97. The van der Waals surface area contributed by atoms with Crippen LogP contribution in [0.5, 0.6) is 0 Å². The lowest BCUT2D eigenvalue weighted by molar-refractivity contribution is 0.147. The van der Waals surface area contributed by atoms with Crippen LogP contribution in [0.3, 0.4) is 0 Å². The molecule has 1 atom stereocenters. The number of aryl methyl sites for hydroxylation is 2. The summed E-state index contributed by atoms with van der Waals surface area (Å²) in [7, 11) is 1.73. The Morgan fingerprint density at radius 1 is 1.33 bits per heavy atom. The Labute approximate surface area is 111 Å². The fraction of sp³-hybridized carbons (Fsp3) is 0.600. The largest absolute Gasteiger partial charge is 0.383 e. The Balaban J connectivity index is 2.67. The summed E-state index contributed by atoms with van der Waals surface area (Å²) in [6, 6.07) is 6.55. The Hall–Kier alpha value is -0.900. The van der Waals surface area contributed by atoms with Crippen LogP contribution in [0, 0.1) is 13.8 Å². The molecule has 0 fully saturated rings. The third kappa shape index (κ3) is 4.41. The average molecular weight is 250 g/mol. The number of rotatable bonds is 7. The number of nitrogens with two attached hydrogens (primary N) is 1. The predicted molar refractivity (Wildman–Crippen MR) is 76.8 cm³/mol. The number of benzene rings is 1. The molecule has 0 heterocycles. The number of ether oxygens (including phenoxy) is 1. The molecule has 1 rings (SSSR count). The summed E-state index contributed by atoms with van der Waals surface area (Å²) in [5.74, 6) is 0. The first kappa shape index (κ1) is 15.2. The second-order valence-electron chi connectivity index (χ2n) is 4.85. The zero-order valence-electron chi connectivity index (χ0n) is 12.1. The highest BCUT2D eigenvalue weighted by Crippen LogP contribution is 2.18. The van der Waals surface area contributed by atoms with Crippen molar-refractivity contribution in [2.24, 2.45) is 5.73 Å². The van der Waals surface area contributed by atoms with Crippen LogP contribution < -0.4 is 5.73 Å². The Bertz CT molecular complexity index is 366. The van der Waals surface area contributed by atoms with E-state index < -0.39 is 0 Å². The second kappa shape index (κ2) is 7.52. The molecule has 1 unspecified atom stereocenters. The highest BCUT2D eigenvalue weighted by Gasteiger charge is 2.13. The van der Waals surface area contributed by atoms with Gasteiger partial charge in [0, 0.05) is 26.2 Å². The third-order valence-corrected chi connectivity index (χ3v) is 3.35. The van der Waals surface area contributed by atoms with Gasteiger partial charge in [-0.2, -0.15) is 0 Å². The van der Waals surface area contributed by atoms with E-state index in [0.717, 1.165) is 26.2 Å². The minimum absolute atomic E-state index is 0.0710. The molecule has 0 aromatic heterocycles. The van der Waals surface area contributed by atoms with Crippen molar-refractivity contribution in [3.63, 3.8) is 0 Å². The molecule has 2 N–H and O–H groups in total. The predicted octanol–water partition coefficient (Wildman–Crippen LogP) is 2.27. The molecule has 0 spiro atoms. The van der Waals surface area contributed by atoms with E-state index in [4.69, 9.17) is 10.5 Å². The van der Waals surface area contributed by atoms with Crippen LogP contribution in [-0.2, 0) is 4.74 Å². The summed E-state index contributed by atoms with van der Waals surface area (Å²) in [6.07, 6.45) is 0. The van der Waals surface area contributed by atoms with Crippen molar-refractivity contribution in [1.82, 2.24) is 4.90 Å². The minimum atomic E-state index is 0.0710. The first-order valence-corrected chi connectivity index (χ1v) is 6.62. The van der Waals surface area contributed by atoms with Crippen molar-refractivity contribution in [3.05, 3.63) is 34.9 Å². The standard InChI is InChI=1S/C15H26N2O/c1-5-17(8-9-18-4)11-15(16)14-10-12(2)6-7-13(14)3/h6-7,10,15H,5,8-9,11,16H2,1-4H3. The molecule has 0 aliphatic heterocycles. The number of nitrogens with zero attached hydrogens (tertiary/aromatic N) is 1. The van der Waals surface area contributed by atoms with E-state index in [0.29, 0.717) is 0 Å². The number of hydrogen-bond donors (Lipinski definition) is 1. The lowest BCUT2D eigenvalue weighted by Gasteiger charge is -2.25. The first-order valence-electron chi connectivity index (χ1n) is 6.62. The normalized spacial score (nSPS) is 13.0. The highest BCUT2D eigenvalue weighted by molar-refractivity contribution is 5.32. The van der Waals surface area contributed by atoms with E-state index in [1.165, 1.54) is 16.7 Å². The van der Waals surface area contributed by atoms with Crippen molar-refractivity contribution < 1.29 is 4.74 Å². The van der Waals surface area contributed by atoms with Gasteiger partial charge in [-0.05, 0) is 31.5 Å². The summed E-state index contributed by atoms with van der Waals surface area (Å²) in [4.78, 5) is 2.33. The van der Waals surface area contributed by atoms with Gasteiger partial charge in [0.2, 0.25) is 0 Å². The smallest absolute Gasteiger partial charge is 0.0589 e. The molecule has 3 heteroatoms. The molecule has 0 radical (unpaired) electrons. The molecule has 18 heavy (non-hydrogen) atoms. The molecule has 0 saturated carbocycles. The fourth-order valence-electron chi connectivity index (χ4n) is 2.13. The zero-order chi connectivity index (χ0) is 13.5. The van der Waals surface area contributed by atoms with Gasteiger partial charge in [-0.15, -0.1) is 0 Å². The van der Waals surface area contributed by atoms with Crippen molar-refractivity contribution in [2.75, 3.05) is 33.4 Å². The maximum absolute atomic E-state index is 6.33. The molecule has 0 bridgehead atoms. The molecule has 3 nitrogen and oxygen atoms in total. The first-order chi connectivity index (χ1) is 8.58. The third-order valence-electron chi connectivity index (χ3n) is 3.35. The maximum atomic E-state index is 6.33. The Morgan fingerprint density at radius 3 is 2.67 bits per heavy atom. The van der Waals surface area contributed by atoms with Gasteiger partial charge < -0.3 is 10.5 Å². The Kier molecular flexibility index (Phi) is 6.33. The summed E-state index contributed by atoms with van der Waals surface area (Å²) in [5, 5.41) is 0. The van der Waals surface area contributed by atoms with Crippen LogP contribution in [0.4, 0.5) is 0 Å². The van der Waals surface area contributed by atoms with Gasteiger partial charge in [-0.25, -0.2) is 0 Å². The average Bonchev–Trinajstić information content (AvgIpc) is 2.37. The van der Waals surface area contributed by atoms with Crippen LogP contribution >= 0.6 is 0 Å². The van der Waals surface area contributed by atoms with E-state index in [-0.39, 0.29) is 6.04 Å². The van der Waals surface area contributed by atoms with E-state index >= 15 is 0 Å². The molecular formula is C15H26N2O. The van der Waals surface area contributed by atoms with E-state index in [1.807, 2.05) is 0 Å². The number of hydrogen-bond acceptors (Lipinski definition) is 3. The van der Waals surface area contributed by atoms with Crippen molar-refractivity contribution in [3.8, 4) is 0 Å². The topological polar surface area (TPSA) is 38.5 Å². The summed E-state index contributed by atoms with van der Waals surface area (Å²) >= 11 is 0. The SMILES string of the molecule is CCN(CCOC)CC(N)c1cc(C)ccc1C. The lowest BCUT2D eigenvalue weighted by atomic mass is 9.99. The second-order valence-corrected chi connectivity index (χ2v) is 4.85. The van der Waals surface area contributed by atoms with Crippen LogP contribution in [-0.4, -0.2) is 38.3 Å². The molecule has 0 saturated heterocycles. The maximum Gasteiger partial charge on any atom is 0.0589 e. The van der Waals surface area contributed by atoms with Crippen molar-refractivity contribution in [2.45, 2.75) is 26.8 Å². The van der Waals surface area contributed by atoms with Gasteiger partial charge in [-0.3, -0.25) is 4.90 Å².